The van der Waals surface area contributed by atoms with Crippen LogP contribution < -0.4 is 0 Å². The summed E-state index contributed by atoms with van der Waals surface area (Å²) in [5, 5.41) is 3.42. The third-order valence-corrected chi connectivity index (χ3v) is 1.98. The quantitative estimate of drug-likeness (QED) is 0.425. The van der Waals surface area contributed by atoms with Crippen molar-refractivity contribution < 1.29 is 0 Å². The molecule has 0 N–H and O–H groups in total. The van der Waals surface area contributed by atoms with E-state index in [4.69, 9.17) is 5.53 Å². The molecule has 2 rings (SSSR count). The van der Waals surface area contributed by atoms with Crippen LogP contribution >= 0.6 is 0 Å². The lowest BCUT2D eigenvalue weighted by atomic mass is 10.4. The van der Waals surface area contributed by atoms with Crippen molar-refractivity contribution in [2.24, 2.45) is 5.11 Å². The van der Waals surface area contributed by atoms with Gasteiger partial charge in [0.25, 0.3) is 0 Å². The second-order valence-electron chi connectivity index (χ2n) is 2.93. The molecule has 0 atom stereocenters. The van der Waals surface area contributed by atoms with E-state index in [9.17, 15) is 0 Å². The number of azide groups is 1. The van der Waals surface area contributed by atoms with E-state index in [1.54, 1.807) is 12.3 Å². The molecule has 0 aromatic carbocycles. The zero-order valence-corrected chi connectivity index (χ0v) is 7.98. The zero-order valence-electron chi connectivity index (χ0n) is 7.98. The van der Waals surface area contributed by atoms with Crippen LogP contribution in [0, 0.1) is 0 Å². The van der Waals surface area contributed by atoms with Gasteiger partial charge in [0, 0.05) is 17.7 Å². The highest BCUT2D eigenvalue weighted by Crippen LogP contribution is 2.07. The Morgan fingerprint density at radius 3 is 3.33 bits per heavy atom. The number of hydrogen-bond acceptors (Lipinski definition) is 2. The summed E-state index contributed by atoms with van der Waals surface area (Å²) >= 11 is 0. The van der Waals surface area contributed by atoms with Gasteiger partial charge >= 0.3 is 0 Å². The normalized spacial score (nSPS) is 10.7. The first-order valence-corrected chi connectivity index (χ1v) is 4.51. The lowest BCUT2D eigenvalue weighted by Gasteiger charge is -1.93. The Bertz CT molecular complexity index is 533. The van der Waals surface area contributed by atoms with Crippen LogP contribution in [-0.4, -0.2) is 15.9 Å². The minimum atomic E-state index is 0.358. The van der Waals surface area contributed by atoms with E-state index in [2.05, 4.69) is 15.0 Å². The Morgan fingerprint density at radius 1 is 1.53 bits per heavy atom. The van der Waals surface area contributed by atoms with Gasteiger partial charge in [-0.15, -0.1) is 0 Å². The molecule has 0 aliphatic heterocycles. The molecule has 74 valence electrons. The van der Waals surface area contributed by atoms with Gasteiger partial charge in [0.1, 0.15) is 5.65 Å². The molecule has 2 aromatic rings. The standard InChI is InChI=1S/C10H9N5/c11-14-13-6-3-4-9-8-12-10-5-1-2-7-15(9)10/h1-5,7-8H,6H2. The second kappa shape index (κ2) is 4.30. The Balaban J connectivity index is 2.28. The van der Waals surface area contributed by atoms with Crippen molar-refractivity contribution in [2.45, 2.75) is 0 Å². The van der Waals surface area contributed by atoms with E-state index in [1.165, 1.54) is 0 Å². The van der Waals surface area contributed by atoms with Crippen molar-refractivity contribution in [3.63, 3.8) is 0 Å². The molecule has 5 heteroatoms. The molecule has 0 fully saturated rings. The van der Waals surface area contributed by atoms with E-state index in [-0.39, 0.29) is 0 Å². The third kappa shape index (κ3) is 1.98. The highest BCUT2D eigenvalue weighted by molar-refractivity contribution is 5.52. The highest BCUT2D eigenvalue weighted by atomic mass is 15.1. The molecule has 0 unspecified atom stereocenters. The first-order chi connectivity index (χ1) is 7.42. The summed E-state index contributed by atoms with van der Waals surface area (Å²) in [6, 6.07) is 5.82. The zero-order chi connectivity index (χ0) is 10.5. The number of rotatable bonds is 3. The van der Waals surface area contributed by atoms with Crippen molar-refractivity contribution >= 4 is 11.7 Å². The van der Waals surface area contributed by atoms with Crippen LogP contribution in [0.3, 0.4) is 0 Å². The lowest BCUT2D eigenvalue weighted by molar-refractivity contribution is 1.16. The van der Waals surface area contributed by atoms with Gasteiger partial charge in [-0.25, -0.2) is 4.98 Å². The van der Waals surface area contributed by atoms with E-state index < -0.39 is 0 Å². The van der Waals surface area contributed by atoms with Gasteiger partial charge in [0.15, 0.2) is 0 Å². The van der Waals surface area contributed by atoms with Crippen molar-refractivity contribution in [1.82, 2.24) is 9.38 Å². The van der Waals surface area contributed by atoms with E-state index in [0.29, 0.717) is 6.54 Å². The topological polar surface area (TPSA) is 66.1 Å². The van der Waals surface area contributed by atoms with Gasteiger partial charge in [-0.2, -0.15) is 0 Å². The van der Waals surface area contributed by atoms with Crippen molar-refractivity contribution in [3.05, 3.63) is 52.8 Å². The fourth-order valence-corrected chi connectivity index (χ4v) is 1.33. The maximum atomic E-state index is 8.10. The van der Waals surface area contributed by atoms with Gasteiger partial charge in [-0.3, -0.25) is 0 Å². The molecule has 0 bridgehead atoms. The smallest absolute Gasteiger partial charge is 0.137 e. The molecule has 0 saturated carbocycles. The Hall–Kier alpha value is -2.26. The predicted molar refractivity (Wildman–Crippen MR) is 58.2 cm³/mol. The first-order valence-electron chi connectivity index (χ1n) is 4.51. The number of imidazole rings is 1. The molecule has 5 nitrogen and oxygen atoms in total. The molecule has 0 spiro atoms. The number of nitrogens with zero attached hydrogens (tertiary/aromatic N) is 5. The second-order valence-corrected chi connectivity index (χ2v) is 2.93. The van der Waals surface area contributed by atoms with Gasteiger partial charge in [0.05, 0.1) is 11.9 Å². The molecule has 2 aromatic heterocycles. The van der Waals surface area contributed by atoms with Crippen LogP contribution in [0.25, 0.3) is 22.2 Å². The summed E-state index contributed by atoms with van der Waals surface area (Å²) in [4.78, 5) is 6.89. The minimum Gasteiger partial charge on any atom is -0.300 e. The summed E-state index contributed by atoms with van der Waals surface area (Å²) in [5.74, 6) is 0. The SMILES string of the molecule is [N-]=[N+]=NCC=Cc1cnc2ccccn12. The molecule has 0 saturated heterocycles. The number of fused-ring (bicyclic) bond motifs is 1. The average molecular weight is 199 g/mol. The number of pyridine rings is 1. The lowest BCUT2D eigenvalue weighted by Crippen LogP contribution is -1.84. The summed E-state index contributed by atoms with van der Waals surface area (Å²) in [6.07, 6.45) is 7.41. The van der Waals surface area contributed by atoms with Crippen molar-refractivity contribution in [3.8, 4) is 0 Å². The maximum absolute atomic E-state index is 8.10. The molecule has 0 aliphatic rings. The van der Waals surface area contributed by atoms with Gasteiger partial charge in [-0.1, -0.05) is 17.3 Å². The highest BCUT2D eigenvalue weighted by Gasteiger charge is 1.96. The Labute approximate surface area is 86.3 Å². The number of hydrogen-bond donors (Lipinski definition) is 0. The average Bonchev–Trinajstić information content (AvgIpc) is 2.68. The summed E-state index contributed by atoms with van der Waals surface area (Å²) in [6.45, 7) is 0.358. The fourth-order valence-electron chi connectivity index (χ4n) is 1.33. The van der Waals surface area contributed by atoms with Crippen LogP contribution in [0.5, 0.6) is 0 Å². The predicted octanol–water partition coefficient (Wildman–Crippen LogP) is 2.66. The van der Waals surface area contributed by atoms with Crippen LogP contribution in [0.4, 0.5) is 0 Å². The molecule has 0 amide bonds. The van der Waals surface area contributed by atoms with Crippen molar-refractivity contribution in [2.75, 3.05) is 6.54 Å². The van der Waals surface area contributed by atoms with E-state index in [1.807, 2.05) is 34.9 Å². The summed E-state index contributed by atoms with van der Waals surface area (Å²) in [5.41, 5.74) is 9.98. The summed E-state index contributed by atoms with van der Waals surface area (Å²) in [7, 11) is 0. The molecular weight excluding hydrogens is 190 g/mol. The van der Waals surface area contributed by atoms with Gasteiger partial charge in [-0.05, 0) is 23.7 Å². The van der Waals surface area contributed by atoms with Gasteiger partial charge in [0.2, 0.25) is 0 Å². The van der Waals surface area contributed by atoms with E-state index >= 15 is 0 Å². The molecule has 0 aliphatic carbocycles. The minimum absolute atomic E-state index is 0.358. The molecule has 2 heterocycles. The van der Waals surface area contributed by atoms with Crippen LogP contribution in [0.1, 0.15) is 5.69 Å². The van der Waals surface area contributed by atoms with E-state index in [0.717, 1.165) is 11.3 Å². The molecular formula is C10H9N5. The molecule has 15 heavy (non-hydrogen) atoms. The monoisotopic (exact) mass is 199 g/mol. The maximum Gasteiger partial charge on any atom is 0.137 e. The van der Waals surface area contributed by atoms with Crippen LogP contribution in [0.15, 0.2) is 41.8 Å². The third-order valence-electron chi connectivity index (χ3n) is 1.98. The number of aromatic nitrogens is 2. The molecule has 0 radical (unpaired) electrons. The Kier molecular flexibility index (Phi) is 2.67. The largest absolute Gasteiger partial charge is 0.300 e. The van der Waals surface area contributed by atoms with Crippen molar-refractivity contribution in [1.29, 1.82) is 0 Å². The fraction of sp³-hybridized carbons (Fsp3) is 0.100. The summed E-state index contributed by atoms with van der Waals surface area (Å²) < 4.78 is 1.96. The first kappa shape index (κ1) is 9.30. The Morgan fingerprint density at radius 2 is 2.47 bits per heavy atom. The van der Waals surface area contributed by atoms with Crippen LogP contribution in [-0.2, 0) is 0 Å². The van der Waals surface area contributed by atoms with Gasteiger partial charge < -0.3 is 4.40 Å². The van der Waals surface area contributed by atoms with Crippen LogP contribution in [0.2, 0.25) is 0 Å².